The molecule has 0 spiro atoms. The molecule has 106 valence electrons. The topological polar surface area (TPSA) is 99.3 Å². The summed E-state index contributed by atoms with van der Waals surface area (Å²) < 4.78 is 4.54. The van der Waals surface area contributed by atoms with Crippen molar-refractivity contribution in [1.29, 1.82) is 0 Å². The molecule has 0 aliphatic carbocycles. The third kappa shape index (κ3) is 1.92. The van der Waals surface area contributed by atoms with Crippen LogP contribution in [0.25, 0.3) is 11.0 Å². The molecule has 0 unspecified atom stereocenters. The fraction of sp³-hybridized carbons (Fsp3) is 0.455. The van der Waals surface area contributed by atoms with Crippen molar-refractivity contribution in [3.05, 3.63) is 26.4 Å². The van der Waals surface area contributed by atoms with Gasteiger partial charge in [0.25, 0.3) is 5.52 Å². The van der Waals surface area contributed by atoms with E-state index in [4.69, 9.17) is 11.6 Å². The van der Waals surface area contributed by atoms with Crippen molar-refractivity contribution in [3.63, 3.8) is 0 Å². The summed E-state index contributed by atoms with van der Waals surface area (Å²) in [4.78, 5) is 12.8. The minimum absolute atomic E-state index is 0.0872. The van der Waals surface area contributed by atoms with Crippen LogP contribution < -0.4 is 9.80 Å². The van der Waals surface area contributed by atoms with E-state index in [2.05, 4.69) is 9.79 Å². The highest BCUT2D eigenvalue weighted by atomic mass is 35.5. The van der Waals surface area contributed by atoms with Gasteiger partial charge in [0.2, 0.25) is 5.52 Å². The molecule has 1 aliphatic heterocycles. The summed E-state index contributed by atoms with van der Waals surface area (Å²) in [5.41, 5.74) is 0.324. The molecular weight excluding hydrogens is 288 g/mol. The summed E-state index contributed by atoms with van der Waals surface area (Å²) in [6, 6.07) is 1.21. The lowest BCUT2D eigenvalue weighted by atomic mass is 10.1. The number of anilines is 1. The van der Waals surface area contributed by atoms with E-state index in [-0.39, 0.29) is 32.3 Å². The molecule has 1 aromatic heterocycles. The minimum Gasteiger partial charge on any atom is -0.362 e. The van der Waals surface area contributed by atoms with Gasteiger partial charge in [0, 0.05) is 24.3 Å². The maximum atomic E-state index is 11.5. The average Bonchev–Trinajstić information content (AvgIpc) is 2.79. The Morgan fingerprint density at radius 1 is 1.40 bits per heavy atom. The Kier molecular flexibility index (Phi) is 3.09. The zero-order valence-electron chi connectivity index (χ0n) is 10.4. The zero-order chi connectivity index (χ0) is 14.3. The molecule has 1 aromatic carbocycles. The average molecular weight is 299 g/mol. The van der Waals surface area contributed by atoms with Crippen LogP contribution >= 0.6 is 11.6 Å². The summed E-state index contributed by atoms with van der Waals surface area (Å²) in [6.45, 7) is 1.34. The molecule has 3 rings (SSSR count). The van der Waals surface area contributed by atoms with Gasteiger partial charge in [-0.05, 0) is 24.2 Å². The van der Waals surface area contributed by atoms with E-state index >= 15 is 0 Å². The van der Waals surface area contributed by atoms with Crippen molar-refractivity contribution in [2.75, 3.05) is 18.0 Å². The van der Waals surface area contributed by atoms with Crippen molar-refractivity contribution in [2.24, 2.45) is 0 Å². The van der Waals surface area contributed by atoms with Crippen LogP contribution in [0.4, 0.5) is 11.4 Å². The molecule has 0 amide bonds. The van der Waals surface area contributed by atoms with Crippen molar-refractivity contribution >= 4 is 34.0 Å². The van der Waals surface area contributed by atoms with E-state index in [0.29, 0.717) is 13.1 Å². The highest BCUT2D eigenvalue weighted by Gasteiger charge is 2.33. The number of benzene rings is 1. The van der Waals surface area contributed by atoms with E-state index in [9.17, 15) is 15.3 Å². The number of nitrogens with zero attached hydrogens (tertiary/aromatic N) is 4. The first-order valence-corrected chi connectivity index (χ1v) is 6.58. The van der Waals surface area contributed by atoms with Gasteiger partial charge < -0.3 is 10.1 Å². The molecule has 1 fully saturated rings. The number of nitro groups is 1. The third-order valence-corrected chi connectivity index (χ3v) is 3.73. The minimum atomic E-state index is -0.546. The number of fused-ring (bicyclic) bond motifs is 1. The molecule has 8 nitrogen and oxygen atoms in total. The van der Waals surface area contributed by atoms with Crippen LogP contribution in [-0.2, 0) is 0 Å². The maximum absolute atomic E-state index is 11.5. The van der Waals surface area contributed by atoms with E-state index in [1.54, 1.807) is 0 Å². The monoisotopic (exact) mass is 298 g/mol. The van der Waals surface area contributed by atoms with E-state index in [1.807, 2.05) is 4.90 Å². The highest BCUT2D eigenvalue weighted by Crippen LogP contribution is 2.41. The summed E-state index contributed by atoms with van der Waals surface area (Å²) in [5, 5.41) is 26.3. The van der Waals surface area contributed by atoms with E-state index in [1.165, 1.54) is 6.07 Å². The Morgan fingerprint density at radius 3 is 2.75 bits per heavy atom. The molecule has 0 bridgehead atoms. The first-order valence-electron chi connectivity index (χ1n) is 6.21. The predicted molar refractivity (Wildman–Crippen MR) is 70.7 cm³/mol. The lowest BCUT2D eigenvalue weighted by Crippen LogP contribution is -2.30. The van der Waals surface area contributed by atoms with Crippen LogP contribution in [-0.4, -0.2) is 23.2 Å². The second kappa shape index (κ2) is 4.78. The Hall–Kier alpha value is -2.09. The number of hydrogen-bond donors (Lipinski definition) is 0. The summed E-state index contributed by atoms with van der Waals surface area (Å²) >= 11 is 5.96. The lowest BCUT2D eigenvalue weighted by molar-refractivity contribution is -0.782. The number of halogens is 1. The SMILES string of the molecule is O=[N+]([O-])c1c(Cl)cc2c(no[n+]2[O-])c1N1CCCCC1. The summed E-state index contributed by atoms with van der Waals surface area (Å²) in [7, 11) is 0. The Morgan fingerprint density at radius 2 is 2.10 bits per heavy atom. The first kappa shape index (κ1) is 12.9. The van der Waals surface area contributed by atoms with Crippen molar-refractivity contribution in [2.45, 2.75) is 19.3 Å². The molecular formula is C11H11ClN4O4. The van der Waals surface area contributed by atoms with Crippen LogP contribution in [0.15, 0.2) is 10.7 Å². The van der Waals surface area contributed by atoms with Gasteiger partial charge in [0.15, 0.2) is 5.69 Å². The zero-order valence-corrected chi connectivity index (χ0v) is 11.2. The van der Waals surface area contributed by atoms with Gasteiger partial charge in [0.1, 0.15) is 5.02 Å². The van der Waals surface area contributed by atoms with Crippen LogP contribution in [0, 0.1) is 15.3 Å². The predicted octanol–water partition coefficient (Wildman–Crippen LogP) is 2.01. The standard InChI is InChI=1S/C11H11ClN4O4/c12-7-6-8-9(13-20-16(8)19)11(10(7)15(17)18)14-4-2-1-3-5-14/h6H,1-5H2. The Labute approximate surface area is 118 Å². The highest BCUT2D eigenvalue weighted by molar-refractivity contribution is 6.34. The van der Waals surface area contributed by atoms with E-state index in [0.717, 1.165) is 19.3 Å². The van der Waals surface area contributed by atoms with Crippen LogP contribution in [0.5, 0.6) is 0 Å². The van der Waals surface area contributed by atoms with Gasteiger partial charge in [-0.15, -0.1) is 0 Å². The number of rotatable bonds is 2. The van der Waals surface area contributed by atoms with Gasteiger partial charge in [0.05, 0.1) is 4.92 Å². The first-order chi connectivity index (χ1) is 9.59. The van der Waals surface area contributed by atoms with Gasteiger partial charge >= 0.3 is 5.69 Å². The van der Waals surface area contributed by atoms with Gasteiger partial charge in [-0.25, -0.2) is 0 Å². The Bertz CT molecular complexity index is 681. The number of piperidine rings is 1. The summed E-state index contributed by atoms with van der Waals surface area (Å²) in [6.07, 6.45) is 2.94. The molecule has 2 aromatic rings. The van der Waals surface area contributed by atoms with Gasteiger partial charge in [-0.2, -0.15) is 0 Å². The molecule has 0 radical (unpaired) electrons. The summed E-state index contributed by atoms with van der Waals surface area (Å²) in [5.74, 6) is 0. The van der Waals surface area contributed by atoms with Crippen LogP contribution in [0.1, 0.15) is 19.3 Å². The lowest BCUT2D eigenvalue weighted by Gasteiger charge is -2.27. The van der Waals surface area contributed by atoms with Crippen LogP contribution in [0.3, 0.4) is 0 Å². The molecule has 2 heterocycles. The molecule has 20 heavy (non-hydrogen) atoms. The molecule has 0 atom stereocenters. The van der Waals surface area contributed by atoms with E-state index < -0.39 is 4.92 Å². The number of aromatic nitrogens is 2. The quantitative estimate of drug-likeness (QED) is 0.478. The smallest absolute Gasteiger partial charge is 0.315 e. The second-order valence-corrected chi connectivity index (χ2v) is 5.07. The normalized spacial score (nSPS) is 15.8. The second-order valence-electron chi connectivity index (χ2n) is 4.66. The largest absolute Gasteiger partial charge is 0.362 e. The van der Waals surface area contributed by atoms with Gasteiger partial charge in [-0.3, -0.25) is 14.7 Å². The van der Waals surface area contributed by atoms with Crippen LogP contribution in [0.2, 0.25) is 5.02 Å². The Balaban J connectivity index is 2.29. The fourth-order valence-electron chi connectivity index (χ4n) is 2.55. The number of hydrogen-bond acceptors (Lipinski definition) is 6. The van der Waals surface area contributed by atoms with Gasteiger partial charge in [-0.1, -0.05) is 11.6 Å². The number of nitro benzene ring substituents is 1. The third-order valence-electron chi connectivity index (χ3n) is 3.44. The molecule has 0 N–H and O–H groups in total. The molecule has 0 saturated carbocycles. The molecule has 1 saturated heterocycles. The molecule has 1 aliphatic rings. The van der Waals surface area contributed by atoms with Crippen molar-refractivity contribution in [1.82, 2.24) is 5.16 Å². The van der Waals surface area contributed by atoms with Crippen molar-refractivity contribution in [3.8, 4) is 0 Å². The maximum Gasteiger partial charge on any atom is 0.315 e. The fourth-order valence-corrected chi connectivity index (χ4v) is 2.81. The van der Waals surface area contributed by atoms with Crippen molar-refractivity contribution < 1.29 is 14.5 Å². The molecule has 9 heteroatoms.